The summed E-state index contributed by atoms with van der Waals surface area (Å²) in [5, 5.41) is -0.483. The predicted octanol–water partition coefficient (Wildman–Crippen LogP) is 2.97. The van der Waals surface area contributed by atoms with Crippen LogP contribution in [0, 0.1) is 5.82 Å². The van der Waals surface area contributed by atoms with Crippen LogP contribution in [0.15, 0.2) is 53.7 Å². The van der Waals surface area contributed by atoms with E-state index in [2.05, 4.69) is 9.88 Å². The monoisotopic (exact) mass is 575 g/mol. The second kappa shape index (κ2) is 11.3. The number of aromatic nitrogens is 2. The van der Waals surface area contributed by atoms with Gasteiger partial charge in [-0.25, -0.2) is 9.37 Å². The van der Waals surface area contributed by atoms with E-state index >= 15 is 0 Å². The molecule has 2 aromatic carbocycles. The summed E-state index contributed by atoms with van der Waals surface area (Å²) >= 11 is 6.36. The van der Waals surface area contributed by atoms with Crippen molar-refractivity contribution < 1.29 is 27.0 Å². The number of imidazole rings is 1. The molecule has 3 N–H and O–H groups in total. The summed E-state index contributed by atoms with van der Waals surface area (Å²) in [4.78, 5) is 33.0. The zero-order valence-electron chi connectivity index (χ0n) is 21.2. The molecule has 4 rings (SSSR count). The summed E-state index contributed by atoms with van der Waals surface area (Å²) in [6, 6.07) is 9.03. The zero-order chi connectivity index (χ0) is 28.5. The molecule has 0 radical (unpaired) electrons. The highest BCUT2D eigenvalue weighted by Crippen LogP contribution is 2.31. The van der Waals surface area contributed by atoms with Crippen LogP contribution in [0.25, 0.3) is 17.5 Å². The topological polar surface area (TPSA) is 139 Å². The zero-order valence-corrected chi connectivity index (χ0v) is 22.8. The summed E-state index contributed by atoms with van der Waals surface area (Å²) in [6.45, 7) is 4.32. The number of hydrogen-bond donors (Lipinski definition) is 2. The first-order chi connectivity index (χ1) is 18.3. The Morgan fingerprint density at radius 2 is 1.92 bits per heavy atom. The number of primary amides is 1. The Morgan fingerprint density at radius 3 is 2.51 bits per heavy atom. The highest BCUT2D eigenvalue weighted by Gasteiger charge is 2.26. The molecular formula is C26H27ClFN5O5S. The summed E-state index contributed by atoms with van der Waals surface area (Å²) in [6.07, 6.45) is 3.92. The van der Waals surface area contributed by atoms with Gasteiger partial charge in [0.2, 0.25) is 16.8 Å². The largest absolute Gasteiger partial charge is 0.366 e. The first kappa shape index (κ1) is 28.4. The Bertz CT molecular complexity index is 1560. The van der Waals surface area contributed by atoms with Gasteiger partial charge in [0.15, 0.2) is 0 Å². The lowest BCUT2D eigenvalue weighted by atomic mass is 10.0. The molecule has 1 aromatic heterocycles. The fourth-order valence-electron chi connectivity index (χ4n) is 4.53. The Hall–Kier alpha value is -3.58. The van der Waals surface area contributed by atoms with E-state index in [-0.39, 0.29) is 45.3 Å². The number of nitrogens with two attached hydrogens (primary N) is 1. The molecule has 0 spiro atoms. The summed E-state index contributed by atoms with van der Waals surface area (Å²) in [5.74, 6) is -1.20. The lowest BCUT2D eigenvalue weighted by molar-refractivity contribution is -0.130. The molecule has 206 valence electrons. The van der Waals surface area contributed by atoms with Crippen molar-refractivity contribution in [2.24, 2.45) is 12.8 Å². The van der Waals surface area contributed by atoms with E-state index in [1.807, 2.05) is 6.92 Å². The molecule has 3 aromatic rings. The highest BCUT2D eigenvalue weighted by atomic mass is 35.5. The van der Waals surface area contributed by atoms with Gasteiger partial charge in [-0.1, -0.05) is 23.7 Å². The van der Waals surface area contributed by atoms with Crippen LogP contribution in [-0.4, -0.2) is 69.8 Å². The lowest BCUT2D eigenvalue weighted by Crippen LogP contribution is -2.53. The van der Waals surface area contributed by atoms with Gasteiger partial charge in [0.05, 0.1) is 5.02 Å². The van der Waals surface area contributed by atoms with Crippen LogP contribution in [0.3, 0.4) is 0 Å². The Labute approximate surface area is 230 Å². The van der Waals surface area contributed by atoms with Crippen molar-refractivity contribution >= 4 is 39.6 Å². The van der Waals surface area contributed by atoms with Gasteiger partial charge in [0, 0.05) is 62.7 Å². The number of nitrogens with zero attached hydrogens (tertiary/aromatic N) is 4. The van der Waals surface area contributed by atoms with Gasteiger partial charge in [-0.2, -0.15) is 8.42 Å². The minimum atomic E-state index is -4.55. The SMILES string of the molecule is C[C@@H]1CN(Cc2ccc(F)cc2)CCN1C(=O)C=Cc1cc(-c2nc(S(=O)(=O)O)cn2C)c(Cl)cc1C(N)=O. The Balaban J connectivity index is 1.54. The Morgan fingerprint density at radius 1 is 1.23 bits per heavy atom. The van der Waals surface area contributed by atoms with Crippen molar-refractivity contribution in [2.45, 2.75) is 24.5 Å². The molecule has 1 aliphatic heterocycles. The predicted molar refractivity (Wildman–Crippen MR) is 144 cm³/mol. The molecule has 1 fully saturated rings. The maximum absolute atomic E-state index is 13.2. The first-order valence-electron chi connectivity index (χ1n) is 11.9. The van der Waals surface area contributed by atoms with Gasteiger partial charge in [0.25, 0.3) is 0 Å². The number of amides is 2. The number of piperazine rings is 1. The fraction of sp³-hybridized carbons (Fsp3) is 0.269. The highest BCUT2D eigenvalue weighted by molar-refractivity contribution is 7.85. The molecule has 0 unspecified atom stereocenters. The third-order valence-electron chi connectivity index (χ3n) is 6.48. The van der Waals surface area contributed by atoms with Crippen molar-refractivity contribution in [3.8, 4) is 11.4 Å². The number of benzene rings is 2. The standard InChI is InChI=1S/C26H27ClFN5O5S/c1-16-13-32(14-17-3-6-19(28)7-4-17)9-10-33(16)24(34)8-5-18-11-21(22(27)12-20(18)25(29)35)26-30-23(15-31(26)2)39(36,37)38/h3-8,11-12,15-16H,9-10,13-14H2,1-2H3,(H2,29,35)(H,36,37,38)/t16-/m1/s1. The molecule has 1 atom stereocenters. The molecular weight excluding hydrogens is 549 g/mol. The molecule has 1 saturated heterocycles. The van der Waals surface area contributed by atoms with Gasteiger partial charge in [-0.05, 0) is 48.4 Å². The maximum atomic E-state index is 13.2. The molecule has 0 aliphatic carbocycles. The second-order valence-electron chi connectivity index (χ2n) is 9.35. The molecule has 1 aliphatic rings. The van der Waals surface area contributed by atoms with E-state index in [4.69, 9.17) is 17.3 Å². The number of carbonyl (C=O) groups is 2. The first-order valence-corrected chi connectivity index (χ1v) is 13.8. The smallest absolute Gasteiger partial charge is 0.313 e. The third-order valence-corrected chi connectivity index (χ3v) is 7.52. The molecule has 13 heteroatoms. The van der Waals surface area contributed by atoms with Crippen LogP contribution in [0.1, 0.15) is 28.4 Å². The van der Waals surface area contributed by atoms with Gasteiger partial charge >= 0.3 is 10.1 Å². The number of carbonyl (C=O) groups excluding carboxylic acids is 2. The molecule has 2 heterocycles. The van der Waals surface area contributed by atoms with Crippen LogP contribution in [0.2, 0.25) is 5.02 Å². The maximum Gasteiger partial charge on any atom is 0.313 e. The van der Waals surface area contributed by atoms with Crippen LogP contribution in [0.5, 0.6) is 0 Å². The van der Waals surface area contributed by atoms with E-state index in [0.717, 1.165) is 11.8 Å². The molecule has 0 bridgehead atoms. The van der Waals surface area contributed by atoms with Gasteiger partial charge < -0.3 is 15.2 Å². The Kier molecular flexibility index (Phi) is 8.21. The molecule has 10 nitrogen and oxygen atoms in total. The minimum absolute atomic E-state index is 0.0641. The average molecular weight is 576 g/mol. The molecule has 39 heavy (non-hydrogen) atoms. The van der Waals surface area contributed by atoms with Gasteiger partial charge in [0.1, 0.15) is 11.6 Å². The lowest BCUT2D eigenvalue weighted by Gasteiger charge is -2.39. The van der Waals surface area contributed by atoms with Crippen molar-refractivity contribution in [1.82, 2.24) is 19.4 Å². The van der Waals surface area contributed by atoms with Gasteiger partial charge in [-0.3, -0.25) is 19.0 Å². The van der Waals surface area contributed by atoms with Crippen molar-refractivity contribution in [2.75, 3.05) is 19.6 Å². The van der Waals surface area contributed by atoms with E-state index in [9.17, 15) is 27.0 Å². The average Bonchev–Trinajstić information content (AvgIpc) is 3.26. The number of halogens is 2. The van der Waals surface area contributed by atoms with Crippen LogP contribution >= 0.6 is 11.6 Å². The number of hydrogen-bond acceptors (Lipinski definition) is 6. The van der Waals surface area contributed by atoms with Gasteiger partial charge in [-0.15, -0.1) is 0 Å². The molecule has 0 saturated carbocycles. The van der Waals surface area contributed by atoms with Crippen molar-refractivity contribution in [1.29, 1.82) is 0 Å². The number of aryl methyl sites for hydroxylation is 1. The second-order valence-corrected chi connectivity index (χ2v) is 11.1. The van der Waals surface area contributed by atoms with E-state index < -0.39 is 21.1 Å². The number of rotatable bonds is 7. The quantitative estimate of drug-likeness (QED) is 0.326. The van der Waals surface area contributed by atoms with Crippen LogP contribution in [-0.2, 0) is 28.5 Å². The summed E-state index contributed by atoms with van der Waals surface area (Å²) in [5.41, 5.74) is 7.14. The van der Waals surface area contributed by atoms with Crippen molar-refractivity contribution in [3.05, 3.63) is 76.2 Å². The van der Waals surface area contributed by atoms with Crippen LogP contribution < -0.4 is 5.73 Å². The summed E-state index contributed by atoms with van der Waals surface area (Å²) < 4.78 is 46.9. The minimum Gasteiger partial charge on any atom is -0.366 e. The van der Waals surface area contributed by atoms with E-state index in [1.165, 1.54) is 48.0 Å². The third kappa shape index (κ3) is 6.53. The molecule has 2 amide bonds. The fourth-order valence-corrected chi connectivity index (χ4v) is 5.28. The normalized spacial score (nSPS) is 16.6. The summed E-state index contributed by atoms with van der Waals surface area (Å²) in [7, 11) is -3.03. The van der Waals surface area contributed by atoms with E-state index in [1.54, 1.807) is 17.0 Å². The van der Waals surface area contributed by atoms with E-state index in [0.29, 0.717) is 26.2 Å². The van der Waals surface area contributed by atoms with Crippen molar-refractivity contribution in [3.63, 3.8) is 0 Å². The van der Waals surface area contributed by atoms with Crippen LogP contribution in [0.4, 0.5) is 4.39 Å².